The third-order valence-corrected chi connectivity index (χ3v) is 3.19. The van der Waals surface area contributed by atoms with Crippen LogP contribution in [0.2, 0.25) is 0 Å². The summed E-state index contributed by atoms with van der Waals surface area (Å²) < 4.78 is 1.62. The van der Waals surface area contributed by atoms with E-state index in [2.05, 4.69) is 29.2 Å². The second-order valence-corrected chi connectivity index (χ2v) is 5.90. The summed E-state index contributed by atoms with van der Waals surface area (Å²) in [5.74, 6) is -0.333. The Balaban J connectivity index is 2.71. The molecule has 1 rings (SSSR count). The lowest BCUT2D eigenvalue weighted by atomic mass is 10.0. The van der Waals surface area contributed by atoms with Crippen molar-refractivity contribution in [2.24, 2.45) is 13.0 Å². The lowest BCUT2D eigenvalue weighted by Gasteiger charge is -2.24. The Morgan fingerprint density at radius 3 is 2.65 bits per heavy atom. The number of aromatic carboxylic acids is 1. The number of rotatable bonds is 8. The van der Waals surface area contributed by atoms with E-state index in [1.807, 2.05) is 14.1 Å². The molecule has 0 fully saturated rings. The third-order valence-electron chi connectivity index (χ3n) is 3.19. The van der Waals surface area contributed by atoms with Crippen molar-refractivity contribution in [2.75, 3.05) is 20.6 Å². The molecule has 1 aromatic rings. The molecule has 0 spiro atoms. The molecule has 0 saturated heterocycles. The van der Waals surface area contributed by atoms with Crippen LogP contribution < -0.4 is 5.32 Å². The molecule has 6 nitrogen and oxygen atoms in total. The zero-order valence-electron chi connectivity index (χ0n) is 13.1. The van der Waals surface area contributed by atoms with E-state index >= 15 is 0 Å². The van der Waals surface area contributed by atoms with Crippen molar-refractivity contribution in [1.82, 2.24) is 20.0 Å². The number of hydrogen-bond donors (Lipinski definition) is 2. The van der Waals surface area contributed by atoms with Crippen molar-refractivity contribution in [3.63, 3.8) is 0 Å². The van der Waals surface area contributed by atoms with Gasteiger partial charge in [0.1, 0.15) is 5.56 Å². The molecule has 0 aliphatic rings. The Morgan fingerprint density at radius 1 is 1.50 bits per heavy atom. The Kier molecular flexibility index (Phi) is 6.16. The van der Waals surface area contributed by atoms with Gasteiger partial charge in [-0.15, -0.1) is 0 Å². The van der Waals surface area contributed by atoms with E-state index in [4.69, 9.17) is 5.11 Å². The second kappa shape index (κ2) is 7.40. The molecule has 0 saturated carbocycles. The van der Waals surface area contributed by atoms with E-state index in [0.29, 0.717) is 24.2 Å². The minimum atomic E-state index is -0.928. The molecule has 0 amide bonds. The third kappa shape index (κ3) is 4.94. The van der Waals surface area contributed by atoms with Gasteiger partial charge in [0.2, 0.25) is 0 Å². The Bertz CT molecular complexity index is 430. The van der Waals surface area contributed by atoms with Gasteiger partial charge in [-0.3, -0.25) is 4.68 Å². The fourth-order valence-corrected chi connectivity index (χ4v) is 2.32. The van der Waals surface area contributed by atoms with Crippen LogP contribution in [0.3, 0.4) is 0 Å². The molecule has 114 valence electrons. The summed E-state index contributed by atoms with van der Waals surface area (Å²) in [6.45, 7) is 5.83. The Morgan fingerprint density at radius 2 is 2.15 bits per heavy atom. The van der Waals surface area contributed by atoms with Crippen LogP contribution in [0.1, 0.15) is 36.3 Å². The standard InChI is InChI=1S/C14H26N4O2/c1-10(2)6-11(9-17(3)4)15-8-13-12(14(19)20)7-16-18(13)5/h7,10-11,15H,6,8-9H2,1-5H3,(H,19,20). The van der Waals surface area contributed by atoms with Crippen molar-refractivity contribution in [3.8, 4) is 0 Å². The van der Waals surface area contributed by atoms with Crippen LogP contribution in [0.15, 0.2) is 6.20 Å². The van der Waals surface area contributed by atoms with E-state index in [0.717, 1.165) is 13.0 Å². The number of carbonyl (C=O) groups is 1. The summed E-state index contributed by atoms with van der Waals surface area (Å²) in [6, 6.07) is 0.335. The Labute approximate surface area is 120 Å². The van der Waals surface area contributed by atoms with E-state index in [1.165, 1.54) is 6.20 Å². The van der Waals surface area contributed by atoms with Gasteiger partial charge in [-0.05, 0) is 26.4 Å². The first kappa shape index (κ1) is 16.7. The minimum Gasteiger partial charge on any atom is -0.478 e. The van der Waals surface area contributed by atoms with Gasteiger partial charge in [0.05, 0.1) is 11.9 Å². The average Bonchev–Trinajstić information content (AvgIpc) is 2.66. The molecule has 0 aliphatic heterocycles. The number of aromatic nitrogens is 2. The molecular weight excluding hydrogens is 256 g/mol. The van der Waals surface area contributed by atoms with Gasteiger partial charge in [0, 0.05) is 26.2 Å². The molecule has 1 heterocycles. The van der Waals surface area contributed by atoms with Crippen molar-refractivity contribution in [3.05, 3.63) is 17.5 Å². The highest BCUT2D eigenvalue weighted by Crippen LogP contribution is 2.10. The molecule has 0 radical (unpaired) electrons. The van der Waals surface area contributed by atoms with Crippen LogP contribution in [0, 0.1) is 5.92 Å². The first-order chi connectivity index (χ1) is 9.31. The zero-order chi connectivity index (χ0) is 15.3. The van der Waals surface area contributed by atoms with Gasteiger partial charge in [-0.1, -0.05) is 13.8 Å². The molecule has 1 aromatic heterocycles. The van der Waals surface area contributed by atoms with Crippen molar-refractivity contribution >= 4 is 5.97 Å². The monoisotopic (exact) mass is 282 g/mol. The number of nitrogens with zero attached hydrogens (tertiary/aromatic N) is 3. The summed E-state index contributed by atoms with van der Waals surface area (Å²) in [5.41, 5.74) is 0.984. The van der Waals surface area contributed by atoms with Gasteiger partial charge >= 0.3 is 5.97 Å². The number of carboxylic acids is 1. The maximum Gasteiger partial charge on any atom is 0.339 e. The fourth-order valence-electron chi connectivity index (χ4n) is 2.32. The molecule has 2 N–H and O–H groups in total. The van der Waals surface area contributed by atoms with Gasteiger partial charge < -0.3 is 15.3 Å². The predicted octanol–water partition coefficient (Wildman–Crippen LogP) is 1.18. The molecule has 0 aliphatic carbocycles. The van der Waals surface area contributed by atoms with Crippen LogP contribution in [0.5, 0.6) is 0 Å². The number of likely N-dealkylation sites (N-methyl/N-ethyl adjacent to an activating group) is 1. The first-order valence-corrected chi connectivity index (χ1v) is 6.93. The molecule has 1 unspecified atom stereocenters. The largest absolute Gasteiger partial charge is 0.478 e. The lowest BCUT2D eigenvalue weighted by molar-refractivity contribution is 0.0695. The van der Waals surface area contributed by atoms with Crippen LogP contribution in [0.4, 0.5) is 0 Å². The number of hydrogen-bond acceptors (Lipinski definition) is 4. The summed E-state index contributed by atoms with van der Waals surface area (Å²) >= 11 is 0. The van der Waals surface area contributed by atoms with Gasteiger partial charge in [-0.25, -0.2) is 4.79 Å². The van der Waals surface area contributed by atoms with Gasteiger partial charge in [-0.2, -0.15) is 5.10 Å². The average molecular weight is 282 g/mol. The SMILES string of the molecule is CC(C)CC(CN(C)C)NCc1c(C(=O)O)cnn1C. The maximum atomic E-state index is 11.1. The van der Waals surface area contributed by atoms with Crippen molar-refractivity contribution in [1.29, 1.82) is 0 Å². The second-order valence-electron chi connectivity index (χ2n) is 5.90. The minimum absolute atomic E-state index is 0.271. The fraction of sp³-hybridized carbons (Fsp3) is 0.714. The summed E-state index contributed by atoms with van der Waals surface area (Å²) in [6.07, 6.45) is 2.46. The van der Waals surface area contributed by atoms with E-state index in [9.17, 15) is 4.79 Å². The summed E-state index contributed by atoms with van der Waals surface area (Å²) in [5, 5.41) is 16.6. The highest BCUT2D eigenvalue weighted by molar-refractivity contribution is 5.88. The number of aryl methyl sites for hydroxylation is 1. The first-order valence-electron chi connectivity index (χ1n) is 6.93. The van der Waals surface area contributed by atoms with Gasteiger partial charge in [0.25, 0.3) is 0 Å². The normalized spacial score (nSPS) is 13.2. The molecule has 20 heavy (non-hydrogen) atoms. The Hall–Kier alpha value is -1.40. The lowest BCUT2D eigenvalue weighted by Crippen LogP contribution is -2.39. The zero-order valence-corrected chi connectivity index (χ0v) is 13.1. The van der Waals surface area contributed by atoms with Crippen LogP contribution in [-0.4, -0.2) is 52.4 Å². The van der Waals surface area contributed by atoms with Gasteiger partial charge in [0.15, 0.2) is 0 Å². The maximum absolute atomic E-state index is 11.1. The molecular formula is C14H26N4O2. The molecule has 6 heteroatoms. The predicted molar refractivity (Wildman–Crippen MR) is 78.8 cm³/mol. The van der Waals surface area contributed by atoms with E-state index in [-0.39, 0.29) is 5.56 Å². The summed E-state index contributed by atoms with van der Waals surface area (Å²) in [7, 11) is 5.86. The van der Waals surface area contributed by atoms with Crippen molar-refractivity contribution in [2.45, 2.75) is 32.9 Å². The molecule has 1 atom stereocenters. The van der Waals surface area contributed by atoms with Crippen LogP contribution in [0.25, 0.3) is 0 Å². The summed E-state index contributed by atoms with van der Waals surface area (Å²) in [4.78, 5) is 13.3. The highest BCUT2D eigenvalue weighted by Gasteiger charge is 2.17. The van der Waals surface area contributed by atoms with Crippen LogP contribution >= 0.6 is 0 Å². The molecule has 0 aromatic carbocycles. The molecule has 0 bridgehead atoms. The highest BCUT2D eigenvalue weighted by atomic mass is 16.4. The quantitative estimate of drug-likeness (QED) is 0.749. The van der Waals surface area contributed by atoms with E-state index in [1.54, 1.807) is 11.7 Å². The number of carboxylic acid groups (broad SMARTS) is 1. The topological polar surface area (TPSA) is 70.4 Å². The van der Waals surface area contributed by atoms with Crippen molar-refractivity contribution < 1.29 is 9.90 Å². The smallest absolute Gasteiger partial charge is 0.339 e. The van der Waals surface area contributed by atoms with Crippen LogP contribution in [-0.2, 0) is 13.6 Å². The van der Waals surface area contributed by atoms with E-state index < -0.39 is 5.97 Å². The number of nitrogens with one attached hydrogen (secondary N) is 1.